The van der Waals surface area contributed by atoms with Crippen LogP contribution in [-0.2, 0) is 0 Å². The number of hydrogen-bond acceptors (Lipinski definition) is 1. The maximum Gasteiger partial charge on any atom is 0.121 e. The molecule has 3 aliphatic rings. The SMILES string of the molecule is NC12CC(C1)C2F. The predicted octanol–water partition coefficient (Wildman–Crippen LogP) is 0.446. The maximum absolute atomic E-state index is 12.2. The Kier molecular flexibility index (Phi) is 0.400. The van der Waals surface area contributed by atoms with Crippen LogP contribution in [-0.4, -0.2) is 11.7 Å². The third-order valence-corrected chi connectivity index (χ3v) is 2.25. The number of nitrogens with two attached hydrogens (primary N) is 1. The summed E-state index contributed by atoms with van der Waals surface area (Å²) in [6.07, 6.45) is 1.23. The first kappa shape index (κ1) is 3.84. The Morgan fingerprint density at radius 1 is 1.57 bits per heavy atom. The molecule has 1 nitrogen and oxygen atoms in total. The molecule has 40 valence electrons. The molecule has 0 heterocycles. The van der Waals surface area contributed by atoms with Crippen LogP contribution in [0.15, 0.2) is 0 Å². The number of hydrogen-bond donors (Lipinski definition) is 1. The summed E-state index contributed by atoms with van der Waals surface area (Å²) < 4.78 is 12.2. The Balaban J connectivity index is 2.17. The monoisotopic (exact) mass is 101 g/mol. The molecule has 2 N–H and O–H groups in total. The lowest BCUT2D eigenvalue weighted by Gasteiger charge is -2.62. The fourth-order valence-electron chi connectivity index (χ4n) is 1.50. The topological polar surface area (TPSA) is 26.0 Å². The second-order valence-corrected chi connectivity index (χ2v) is 2.80. The first-order valence-corrected chi connectivity index (χ1v) is 2.65. The van der Waals surface area contributed by atoms with Gasteiger partial charge in [-0.3, -0.25) is 0 Å². The van der Waals surface area contributed by atoms with Crippen molar-refractivity contribution in [3.8, 4) is 0 Å². The highest BCUT2D eigenvalue weighted by atomic mass is 19.1. The average Bonchev–Trinajstić information content (AvgIpc) is 1.62. The molecule has 3 rings (SSSR count). The van der Waals surface area contributed by atoms with E-state index in [2.05, 4.69) is 0 Å². The van der Waals surface area contributed by atoms with Crippen molar-refractivity contribution in [3.05, 3.63) is 0 Å². The van der Waals surface area contributed by atoms with Gasteiger partial charge in [-0.05, 0) is 18.8 Å². The van der Waals surface area contributed by atoms with Crippen LogP contribution in [0.3, 0.4) is 0 Å². The normalized spacial score (nSPS) is 66.0. The van der Waals surface area contributed by atoms with E-state index >= 15 is 0 Å². The van der Waals surface area contributed by atoms with Crippen molar-refractivity contribution < 1.29 is 4.39 Å². The summed E-state index contributed by atoms with van der Waals surface area (Å²) in [6, 6.07) is 0. The van der Waals surface area contributed by atoms with Gasteiger partial charge in [-0.15, -0.1) is 0 Å². The zero-order valence-electron chi connectivity index (χ0n) is 4.02. The van der Waals surface area contributed by atoms with Crippen LogP contribution < -0.4 is 5.73 Å². The molecule has 0 aromatic rings. The molecular formula is C5H8FN. The van der Waals surface area contributed by atoms with Crippen molar-refractivity contribution >= 4 is 0 Å². The summed E-state index contributed by atoms with van der Waals surface area (Å²) in [5.41, 5.74) is 5.11. The minimum absolute atomic E-state index is 0.343. The van der Waals surface area contributed by atoms with Crippen LogP contribution in [0, 0.1) is 5.92 Å². The van der Waals surface area contributed by atoms with Gasteiger partial charge in [0.05, 0.1) is 0 Å². The van der Waals surface area contributed by atoms with Crippen molar-refractivity contribution in [2.75, 3.05) is 0 Å². The molecule has 3 saturated carbocycles. The lowest BCUT2D eigenvalue weighted by Crippen LogP contribution is -2.74. The van der Waals surface area contributed by atoms with E-state index in [0.717, 1.165) is 12.8 Å². The summed E-state index contributed by atoms with van der Waals surface area (Å²) in [5, 5.41) is 0. The summed E-state index contributed by atoms with van der Waals surface area (Å²) in [4.78, 5) is 0. The van der Waals surface area contributed by atoms with Gasteiger partial charge in [0, 0.05) is 5.54 Å². The van der Waals surface area contributed by atoms with E-state index in [4.69, 9.17) is 5.73 Å². The lowest BCUT2D eigenvalue weighted by molar-refractivity contribution is -0.125. The molecular weight excluding hydrogens is 93.1 g/mol. The van der Waals surface area contributed by atoms with Crippen LogP contribution in [0.5, 0.6) is 0 Å². The van der Waals surface area contributed by atoms with E-state index in [1.807, 2.05) is 0 Å². The van der Waals surface area contributed by atoms with Gasteiger partial charge in [-0.1, -0.05) is 0 Å². The molecule has 0 amide bonds. The summed E-state index contributed by atoms with van der Waals surface area (Å²) in [7, 11) is 0. The Hall–Kier alpha value is -0.110. The van der Waals surface area contributed by atoms with Gasteiger partial charge in [0.15, 0.2) is 0 Å². The van der Waals surface area contributed by atoms with Gasteiger partial charge in [0.2, 0.25) is 0 Å². The summed E-state index contributed by atoms with van der Waals surface area (Å²) in [5.74, 6) is 0.352. The number of rotatable bonds is 0. The van der Waals surface area contributed by atoms with Crippen molar-refractivity contribution in [2.45, 2.75) is 24.6 Å². The van der Waals surface area contributed by atoms with Gasteiger partial charge in [0.1, 0.15) is 6.17 Å². The third kappa shape index (κ3) is 0.225. The van der Waals surface area contributed by atoms with Crippen LogP contribution >= 0.6 is 0 Å². The molecule has 0 aliphatic heterocycles. The standard InChI is InChI=1S/C5H8FN/c6-4-3-1-5(4,7)2-3/h3-4H,1-2,7H2. The van der Waals surface area contributed by atoms with E-state index < -0.39 is 6.17 Å². The van der Waals surface area contributed by atoms with E-state index in [-0.39, 0.29) is 5.54 Å². The van der Waals surface area contributed by atoms with Gasteiger partial charge in [-0.2, -0.15) is 0 Å². The molecule has 1 atom stereocenters. The minimum Gasteiger partial charge on any atom is -0.323 e. The quantitative estimate of drug-likeness (QED) is 0.471. The number of alkyl halides is 1. The highest BCUT2D eigenvalue weighted by Crippen LogP contribution is 2.56. The zero-order chi connectivity index (χ0) is 5.07. The van der Waals surface area contributed by atoms with Gasteiger partial charge < -0.3 is 5.73 Å². The highest BCUT2D eigenvalue weighted by molar-refractivity contribution is 5.19. The zero-order valence-corrected chi connectivity index (χ0v) is 4.02. The Morgan fingerprint density at radius 3 is 2.00 bits per heavy atom. The van der Waals surface area contributed by atoms with Crippen molar-refractivity contribution in [1.82, 2.24) is 0 Å². The molecule has 0 aromatic heterocycles. The molecule has 0 radical (unpaired) electrons. The van der Waals surface area contributed by atoms with Crippen molar-refractivity contribution in [1.29, 1.82) is 0 Å². The Labute approximate surface area is 41.7 Å². The summed E-state index contributed by atoms with van der Waals surface area (Å²) >= 11 is 0. The average molecular weight is 101 g/mol. The molecule has 2 bridgehead atoms. The Morgan fingerprint density at radius 2 is 2.00 bits per heavy atom. The fourth-order valence-corrected chi connectivity index (χ4v) is 1.50. The summed E-state index contributed by atoms with van der Waals surface area (Å²) in [6.45, 7) is 0. The number of halogens is 1. The second kappa shape index (κ2) is 0.730. The van der Waals surface area contributed by atoms with E-state index in [1.54, 1.807) is 0 Å². The first-order chi connectivity index (χ1) is 3.22. The molecule has 2 heteroatoms. The smallest absolute Gasteiger partial charge is 0.121 e. The fraction of sp³-hybridized carbons (Fsp3) is 1.00. The van der Waals surface area contributed by atoms with Gasteiger partial charge in [-0.25, -0.2) is 4.39 Å². The van der Waals surface area contributed by atoms with Gasteiger partial charge >= 0.3 is 0 Å². The molecule has 3 fully saturated rings. The second-order valence-electron chi connectivity index (χ2n) is 2.80. The van der Waals surface area contributed by atoms with Crippen LogP contribution in [0.1, 0.15) is 12.8 Å². The minimum atomic E-state index is -0.646. The van der Waals surface area contributed by atoms with E-state index in [9.17, 15) is 4.39 Å². The van der Waals surface area contributed by atoms with E-state index in [0.29, 0.717) is 5.92 Å². The van der Waals surface area contributed by atoms with Crippen molar-refractivity contribution in [3.63, 3.8) is 0 Å². The van der Waals surface area contributed by atoms with Crippen molar-refractivity contribution in [2.24, 2.45) is 11.7 Å². The molecule has 0 aromatic carbocycles. The molecule has 3 aliphatic carbocycles. The molecule has 1 unspecified atom stereocenters. The van der Waals surface area contributed by atoms with Crippen LogP contribution in [0.25, 0.3) is 0 Å². The lowest BCUT2D eigenvalue weighted by atomic mass is 9.49. The molecule has 0 spiro atoms. The highest BCUT2D eigenvalue weighted by Gasteiger charge is 2.64. The Bertz CT molecular complexity index is 107. The van der Waals surface area contributed by atoms with E-state index in [1.165, 1.54) is 0 Å². The first-order valence-electron chi connectivity index (χ1n) is 2.65. The van der Waals surface area contributed by atoms with Crippen LogP contribution in [0.2, 0.25) is 0 Å². The maximum atomic E-state index is 12.2. The largest absolute Gasteiger partial charge is 0.323 e. The third-order valence-electron chi connectivity index (χ3n) is 2.25. The van der Waals surface area contributed by atoms with Gasteiger partial charge in [0.25, 0.3) is 0 Å². The van der Waals surface area contributed by atoms with Crippen LogP contribution in [0.4, 0.5) is 4.39 Å². The molecule has 7 heavy (non-hydrogen) atoms. The predicted molar refractivity (Wildman–Crippen MR) is 24.5 cm³/mol. The molecule has 0 saturated heterocycles.